The van der Waals surface area contributed by atoms with Crippen molar-refractivity contribution in [1.29, 1.82) is 0 Å². The third kappa shape index (κ3) is 4.51. The number of thiazole rings is 1. The van der Waals surface area contributed by atoms with E-state index in [1.54, 1.807) is 11.3 Å². The van der Waals surface area contributed by atoms with Gasteiger partial charge in [0.25, 0.3) is 0 Å². The van der Waals surface area contributed by atoms with Crippen molar-refractivity contribution in [3.05, 3.63) is 70.4 Å². The quantitative estimate of drug-likeness (QED) is 0.585. The maximum atomic E-state index is 13.1. The zero-order valence-electron chi connectivity index (χ0n) is 15.5. The molecule has 5 nitrogen and oxygen atoms in total. The standard InChI is InChI=1S/C20H19ClFN3O2S2/c21-19-4-2-1-3-18(19)20-23-16(14-28-20)13-24-9-11-25(12-10-24)29(26,27)17-7-5-15(22)6-8-17/h1-8,14H,9-13H2. The van der Waals surface area contributed by atoms with Gasteiger partial charge in [-0.3, -0.25) is 4.90 Å². The number of benzene rings is 2. The van der Waals surface area contributed by atoms with Gasteiger partial charge in [0.05, 0.1) is 15.6 Å². The first-order valence-electron chi connectivity index (χ1n) is 9.11. The van der Waals surface area contributed by atoms with Gasteiger partial charge in [-0.1, -0.05) is 29.8 Å². The maximum Gasteiger partial charge on any atom is 0.243 e. The van der Waals surface area contributed by atoms with Gasteiger partial charge >= 0.3 is 0 Å². The molecule has 0 atom stereocenters. The third-order valence-corrected chi connectivity index (χ3v) is 7.99. The van der Waals surface area contributed by atoms with E-state index in [2.05, 4.69) is 9.88 Å². The van der Waals surface area contributed by atoms with Crippen LogP contribution < -0.4 is 0 Å². The Morgan fingerprint density at radius 3 is 2.41 bits per heavy atom. The molecule has 3 aromatic rings. The van der Waals surface area contributed by atoms with Crippen LogP contribution in [0.3, 0.4) is 0 Å². The lowest BCUT2D eigenvalue weighted by Gasteiger charge is -2.33. The van der Waals surface area contributed by atoms with Gasteiger partial charge in [-0.05, 0) is 30.3 Å². The predicted octanol–water partition coefficient (Wildman–Crippen LogP) is 4.11. The number of rotatable bonds is 5. The molecular weight excluding hydrogens is 433 g/mol. The molecule has 0 bridgehead atoms. The Kier molecular flexibility index (Phi) is 5.98. The summed E-state index contributed by atoms with van der Waals surface area (Å²) >= 11 is 7.80. The summed E-state index contributed by atoms with van der Waals surface area (Å²) in [5.74, 6) is -0.451. The molecule has 1 aliphatic rings. The van der Waals surface area contributed by atoms with Crippen LogP contribution in [0.5, 0.6) is 0 Å². The number of piperazine rings is 1. The summed E-state index contributed by atoms with van der Waals surface area (Å²) in [4.78, 5) is 6.99. The highest BCUT2D eigenvalue weighted by Gasteiger charge is 2.28. The van der Waals surface area contributed by atoms with Crippen LogP contribution in [-0.4, -0.2) is 48.8 Å². The number of hydrogen-bond donors (Lipinski definition) is 0. The second-order valence-corrected chi connectivity index (χ2v) is 9.96. The van der Waals surface area contributed by atoms with Gasteiger partial charge in [0, 0.05) is 43.7 Å². The van der Waals surface area contributed by atoms with Crippen molar-refractivity contribution in [1.82, 2.24) is 14.2 Å². The van der Waals surface area contributed by atoms with Gasteiger partial charge in [0.2, 0.25) is 10.0 Å². The van der Waals surface area contributed by atoms with Crippen molar-refractivity contribution >= 4 is 33.0 Å². The van der Waals surface area contributed by atoms with Gasteiger partial charge in [-0.2, -0.15) is 4.31 Å². The Hall–Kier alpha value is -1.84. The molecule has 2 aromatic carbocycles. The summed E-state index contributed by atoms with van der Waals surface area (Å²) in [6, 6.07) is 12.6. The summed E-state index contributed by atoms with van der Waals surface area (Å²) in [5, 5.41) is 3.57. The Bertz CT molecular complexity index is 1090. The van der Waals surface area contributed by atoms with Gasteiger partial charge in [0.1, 0.15) is 10.8 Å². The van der Waals surface area contributed by atoms with Crippen LogP contribution in [0.4, 0.5) is 4.39 Å². The molecule has 0 saturated carbocycles. The van der Waals surface area contributed by atoms with E-state index < -0.39 is 15.8 Å². The summed E-state index contributed by atoms with van der Waals surface area (Å²) in [5.41, 5.74) is 1.86. The van der Waals surface area contributed by atoms with E-state index >= 15 is 0 Å². The van der Waals surface area contributed by atoms with Crippen LogP contribution >= 0.6 is 22.9 Å². The number of hydrogen-bond acceptors (Lipinski definition) is 5. The minimum Gasteiger partial charge on any atom is -0.295 e. The topological polar surface area (TPSA) is 53.5 Å². The number of halogens is 2. The Labute approximate surface area is 178 Å². The molecule has 0 N–H and O–H groups in total. The minimum absolute atomic E-state index is 0.122. The lowest BCUT2D eigenvalue weighted by atomic mass is 10.2. The van der Waals surface area contributed by atoms with Crippen LogP contribution in [0.1, 0.15) is 5.69 Å². The normalized spacial score (nSPS) is 16.2. The molecule has 1 aromatic heterocycles. The zero-order chi connectivity index (χ0) is 20.4. The minimum atomic E-state index is -3.60. The molecule has 29 heavy (non-hydrogen) atoms. The Morgan fingerprint density at radius 1 is 1.03 bits per heavy atom. The van der Waals surface area contributed by atoms with Gasteiger partial charge < -0.3 is 0 Å². The third-order valence-electron chi connectivity index (χ3n) is 4.82. The van der Waals surface area contributed by atoms with E-state index in [1.165, 1.54) is 28.6 Å². The molecule has 152 valence electrons. The van der Waals surface area contributed by atoms with Crippen LogP contribution in [0.25, 0.3) is 10.6 Å². The summed E-state index contributed by atoms with van der Waals surface area (Å²) < 4.78 is 40.0. The first kappa shape index (κ1) is 20.4. The maximum absolute atomic E-state index is 13.1. The fraction of sp³-hybridized carbons (Fsp3) is 0.250. The lowest BCUT2D eigenvalue weighted by molar-refractivity contribution is 0.180. The number of nitrogens with zero attached hydrogens (tertiary/aromatic N) is 3. The first-order valence-corrected chi connectivity index (χ1v) is 11.8. The molecule has 0 aliphatic carbocycles. The highest BCUT2D eigenvalue weighted by atomic mass is 35.5. The average Bonchev–Trinajstić information content (AvgIpc) is 3.17. The average molecular weight is 452 g/mol. The number of aromatic nitrogens is 1. The van der Waals surface area contributed by atoms with E-state index in [-0.39, 0.29) is 4.90 Å². The van der Waals surface area contributed by atoms with Crippen molar-refractivity contribution in [2.45, 2.75) is 11.4 Å². The van der Waals surface area contributed by atoms with E-state index in [4.69, 9.17) is 11.6 Å². The number of sulfonamides is 1. The Balaban J connectivity index is 1.38. The molecule has 4 rings (SSSR count). The van der Waals surface area contributed by atoms with Crippen LogP contribution in [-0.2, 0) is 16.6 Å². The van der Waals surface area contributed by atoms with E-state index in [1.807, 2.05) is 29.6 Å². The summed E-state index contributed by atoms with van der Waals surface area (Å²) in [7, 11) is -3.60. The highest BCUT2D eigenvalue weighted by molar-refractivity contribution is 7.89. The summed E-state index contributed by atoms with van der Waals surface area (Å²) in [6.07, 6.45) is 0. The van der Waals surface area contributed by atoms with Gasteiger partial charge in [-0.25, -0.2) is 17.8 Å². The van der Waals surface area contributed by atoms with E-state index in [9.17, 15) is 12.8 Å². The molecule has 0 radical (unpaired) electrons. The van der Waals surface area contributed by atoms with Crippen molar-refractivity contribution < 1.29 is 12.8 Å². The van der Waals surface area contributed by atoms with Crippen molar-refractivity contribution in [2.75, 3.05) is 26.2 Å². The van der Waals surface area contributed by atoms with Crippen molar-refractivity contribution in [3.63, 3.8) is 0 Å². The SMILES string of the molecule is O=S(=O)(c1ccc(F)cc1)N1CCN(Cc2csc(-c3ccccc3Cl)n2)CC1. The van der Waals surface area contributed by atoms with Crippen LogP contribution in [0.15, 0.2) is 58.8 Å². The van der Waals surface area contributed by atoms with Gasteiger partial charge in [0.15, 0.2) is 0 Å². The largest absolute Gasteiger partial charge is 0.295 e. The molecule has 2 heterocycles. The second-order valence-electron chi connectivity index (χ2n) is 6.76. The van der Waals surface area contributed by atoms with Crippen LogP contribution in [0.2, 0.25) is 5.02 Å². The molecule has 1 aliphatic heterocycles. The zero-order valence-corrected chi connectivity index (χ0v) is 17.9. The van der Waals surface area contributed by atoms with Crippen molar-refractivity contribution in [2.24, 2.45) is 0 Å². The fourth-order valence-corrected chi connectivity index (χ4v) is 5.80. The second kappa shape index (κ2) is 8.49. The predicted molar refractivity (Wildman–Crippen MR) is 113 cm³/mol. The Morgan fingerprint density at radius 2 is 1.72 bits per heavy atom. The fourth-order valence-electron chi connectivity index (χ4n) is 3.25. The first-order chi connectivity index (χ1) is 13.9. The molecule has 0 amide bonds. The monoisotopic (exact) mass is 451 g/mol. The highest BCUT2D eigenvalue weighted by Crippen LogP contribution is 2.30. The van der Waals surface area contributed by atoms with E-state index in [0.717, 1.165) is 16.3 Å². The van der Waals surface area contributed by atoms with Crippen molar-refractivity contribution in [3.8, 4) is 10.6 Å². The van der Waals surface area contributed by atoms with Gasteiger partial charge in [-0.15, -0.1) is 11.3 Å². The molecule has 1 saturated heterocycles. The smallest absolute Gasteiger partial charge is 0.243 e. The summed E-state index contributed by atoms with van der Waals surface area (Å²) in [6.45, 7) is 2.66. The van der Waals surface area contributed by atoms with E-state index in [0.29, 0.717) is 37.7 Å². The molecule has 1 fully saturated rings. The lowest BCUT2D eigenvalue weighted by Crippen LogP contribution is -2.48. The molecule has 0 spiro atoms. The molecule has 9 heteroatoms. The molecule has 0 unspecified atom stereocenters. The van der Waals surface area contributed by atoms with Crippen LogP contribution in [0, 0.1) is 5.82 Å². The molecular formula is C20H19ClFN3O2S2.